The number of fused-ring (bicyclic) bond motifs is 11. The average Bonchev–Trinajstić information content (AvgIpc) is 3.78. The lowest BCUT2D eigenvalue weighted by atomic mass is 9.82. The normalized spacial score (nSPS) is 14.6. The Labute approximate surface area is 315 Å². The van der Waals surface area contributed by atoms with Crippen molar-refractivity contribution in [1.82, 2.24) is 0 Å². The Morgan fingerprint density at radius 2 is 1.06 bits per heavy atom. The number of benzene rings is 8. The fraction of sp³-hybridized carbons (Fsp3) is 0.115. The van der Waals surface area contributed by atoms with E-state index in [1.165, 1.54) is 77.5 Å². The molecule has 0 fully saturated rings. The van der Waals surface area contributed by atoms with E-state index in [4.69, 9.17) is 4.42 Å². The first kappa shape index (κ1) is 31.2. The van der Waals surface area contributed by atoms with Gasteiger partial charge in [0.05, 0.1) is 5.69 Å². The summed E-state index contributed by atoms with van der Waals surface area (Å²) >= 11 is 0. The number of para-hydroxylation sites is 1. The van der Waals surface area contributed by atoms with Gasteiger partial charge in [0, 0.05) is 38.5 Å². The van der Waals surface area contributed by atoms with Crippen LogP contribution in [0.25, 0.3) is 66.1 Å². The van der Waals surface area contributed by atoms with Gasteiger partial charge in [-0.1, -0.05) is 143 Å². The van der Waals surface area contributed by atoms with Crippen molar-refractivity contribution in [2.24, 2.45) is 0 Å². The van der Waals surface area contributed by atoms with E-state index in [2.05, 4.69) is 190 Å². The average molecular weight is 694 g/mol. The molecule has 0 saturated heterocycles. The summed E-state index contributed by atoms with van der Waals surface area (Å²) in [7, 11) is 0. The van der Waals surface area contributed by atoms with Crippen LogP contribution in [0, 0.1) is 0 Å². The molecule has 11 rings (SSSR count). The molecule has 0 atom stereocenters. The van der Waals surface area contributed by atoms with Crippen LogP contribution in [-0.4, -0.2) is 0 Å². The van der Waals surface area contributed by atoms with E-state index in [9.17, 15) is 0 Å². The zero-order valence-corrected chi connectivity index (χ0v) is 30.9. The third-order valence-corrected chi connectivity index (χ3v) is 12.5. The first-order chi connectivity index (χ1) is 26.3. The van der Waals surface area contributed by atoms with E-state index >= 15 is 0 Å². The Hall–Kier alpha value is -6.38. The molecular weight excluding hydrogens is 655 g/mol. The number of rotatable bonds is 4. The molecule has 0 unspecified atom stereocenters. The number of hydrogen-bond donors (Lipinski definition) is 0. The highest BCUT2D eigenvalue weighted by Gasteiger charge is 2.39. The van der Waals surface area contributed by atoms with Crippen LogP contribution in [0.5, 0.6) is 0 Å². The first-order valence-corrected chi connectivity index (χ1v) is 19.0. The highest BCUT2D eigenvalue weighted by atomic mass is 16.3. The fourth-order valence-electron chi connectivity index (χ4n) is 9.72. The van der Waals surface area contributed by atoms with Crippen molar-refractivity contribution in [3.8, 4) is 33.4 Å². The van der Waals surface area contributed by atoms with Crippen LogP contribution < -0.4 is 4.90 Å². The minimum absolute atomic E-state index is 0.0535. The van der Waals surface area contributed by atoms with Gasteiger partial charge in [-0.25, -0.2) is 0 Å². The van der Waals surface area contributed by atoms with Crippen LogP contribution >= 0.6 is 0 Å². The maximum absolute atomic E-state index is 6.25. The molecule has 2 aliphatic carbocycles. The lowest BCUT2D eigenvalue weighted by Crippen LogP contribution is -2.16. The van der Waals surface area contributed by atoms with Gasteiger partial charge in [0.2, 0.25) is 0 Å². The molecule has 0 saturated carbocycles. The van der Waals surface area contributed by atoms with E-state index in [0.717, 1.165) is 27.9 Å². The fourth-order valence-corrected chi connectivity index (χ4v) is 9.72. The highest BCUT2D eigenvalue weighted by molar-refractivity contribution is 6.19. The van der Waals surface area contributed by atoms with Crippen LogP contribution in [0.4, 0.5) is 17.1 Å². The Morgan fingerprint density at radius 3 is 1.89 bits per heavy atom. The minimum Gasteiger partial charge on any atom is -0.456 e. The largest absolute Gasteiger partial charge is 0.456 e. The molecule has 0 amide bonds. The second-order valence-electron chi connectivity index (χ2n) is 16.1. The number of nitrogens with zero attached hydrogens (tertiary/aromatic N) is 1. The van der Waals surface area contributed by atoms with Gasteiger partial charge >= 0.3 is 0 Å². The molecule has 0 radical (unpaired) electrons. The lowest BCUT2D eigenvalue weighted by molar-refractivity contribution is 0.660. The van der Waals surface area contributed by atoms with Gasteiger partial charge in [-0.05, 0) is 109 Å². The summed E-state index contributed by atoms with van der Waals surface area (Å²) in [6.45, 7) is 9.42. The van der Waals surface area contributed by atoms with E-state index in [0.29, 0.717) is 0 Å². The first-order valence-electron chi connectivity index (χ1n) is 19.0. The Bertz CT molecular complexity index is 3000. The molecule has 2 heteroatoms. The molecule has 54 heavy (non-hydrogen) atoms. The van der Waals surface area contributed by atoms with Crippen molar-refractivity contribution in [2.45, 2.75) is 38.5 Å². The molecule has 1 heterocycles. The molecule has 258 valence electrons. The molecule has 8 aromatic carbocycles. The zero-order valence-electron chi connectivity index (χ0n) is 30.9. The van der Waals surface area contributed by atoms with E-state index in [-0.39, 0.29) is 10.8 Å². The number of furan rings is 1. The molecule has 9 aromatic rings. The van der Waals surface area contributed by atoms with Crippen molar-refractivity contribution >= 4 is 49.8 Å². The topological polar surface area (TPSA) is 16.4 Å². The summed E-state index contributed by atoms with van der Waals surface area (Å²) < 4.78 is 6.25. The van der Waals surface area contributed by atoms with Gasteiger partial charge in [-0.2, -0.15) is 0 Å². The summed E-state index contributed by atoms with van der Waals surface area (Å²) in [6, 6.07) is 60.4. The summed E-state index contributed by atoms with van der Waals surface area (Å²) in [5.41, 5.74) is 18.3. The Morgan fingerprint density at radius 1 is 0.426 bits per heavy atom. The van der Waals surface area contributed by atoms with Crippen LogP contribution in [0.15, 0.2) is 168 Å². The highest BCUT2D eigenvalue weighted by Crippen LogP contribution is 2.55. The van der Waals surface area contributed by atoms with Crippen molar-refractivity contribution in [2.75, 3.05) is 4.90 Å². The monoisotopic (exact) mass is 693 g/mol. The summed E-state index contributed by atoms with van der Waals surface area (Å²) in [6.07, 6.45) is 0. The molecule has 0 spiro atoms. The number of hydrogen-bond acceptors (Lipinski definition) is 2. The molecule has 2 nitrogen and oxygen atoms in total. The zero-order chi connectivity index (χ0) is 36.3. The Kier molecular flexibility index (Phi) is 6.39. The quantitative estimate of drug-likeness (QED) is 0.182. The second kappa shape index (κ2) is 11.1. The van der Waals surface area contributed by atoms with Gasteiger partial charge in [-0.3, -0.25) is 0 Å². The van der Waals surface area contributed by atoms with Crippen LogP contribution in [0.3, 0.4) is 0 Å². The van der Waals surface area contributed by atoms with Crippen molar-refractivity contribution in [1.29, 1.82) is 0 Å². The SMILES string of the molecule is CC1(C)c2ccccc2-c2cc(N(c3ccc(-c4ccc5ccc6oc7ccccc7c6c5c4)cc3)c3cccc4c3-c3ccccc3C4(C)C)ccc21. The van der Waals surface area contributed by atoms with Gasteiger partial charge in [0.1, 0.15) is 11.2 Å². The van der Waals surface area contributed by atoms with Gasteiger partial charge in [0.25, 0.3) is 0 Å². The van der Waals surface area contributed by atoms with Gasteiger partial charge < -0.3 is 9.32 Å². The van der Waals surface area contributed by atoms with Crippen molar-refractivity contribution in [3.05, 3.63) is 186 Å². The maximum atomic E-state index is 6.25. The van der Waals surface area contributed by atoms with E-state index in [1.54, 1.807) is 0 Å². The van der Waals surface area contributed by atoms with Crippen LogP contribution in [0.1, 0.15) is 49.9 Å². The standard InChI is InChI=1S/C52H39NO/c1-51(2)42-15-8-5-12-37(42)41-31-36(27-28-44(41)51)53(46-18-11-17-45-50(46)38-13-6-9-16-43(38)52(45,3)4)35-25-22-32(23-26-35)34-21-20-33-24-29-48-49(40(33)30-34)39-14-7-10-19-47(39)54-48/h5-31H,1-4H3. The third kappa shape index (κ3) is 4.28. The predicted octanol–water partition coefficient (Wildman–Crippen LogP) is 14.5. The van der Waals surface area contributed by atoms with Gasteiger partial charge in [-0.15, -0.1) is 0 Å². The van der Waals surface area contributed by atoms with Crippen molar-refractivity contribution in [3.63, 3.8) is 0 Å². The molecule has 0 aliphatic heterocycles. The summed E-state index contributed by atoms with van der Waals surface area (Å²) in [5.74, 6) is 0. The molecule has 1 aromatic heterocycles. The molecule has 0 bridgehead atoms. The Balaban J connectivity index is 1.09. The smallest absolute Gasteiger partial charge is 0.136 e. The number of anilines is 3. The van der Waals surface area contributed by atoms with Crippen LogP contribution in [-0.2, 0) is 10.8 Å². The third-order valence-electron chi connectivity index (χ3n) is 12.5. The van der Waals surface area contributed by atoms with Crippen LogP contribution in [0.2, 0.25) is 0 Å². The summed E-state index contributed by atoms with van der Waals surface area (Å²) in [5, 5.41) is 4.75. The summed E-state index contributed by atoms with van der Waals surface area (Å²) in [4.78, 5) is 2.48. The minimum atomic E-state index is -0.0970. The van der Waals surface area contributed by atoms with Gasteiger partial charge in [0.15, 0.2) is 0 Å². The second-order valence-corrected chi connectivity index (χ2v) is 16.1. The van der Waals surface area contributed by atoms with Crippen molar-refractivity contribution < 1.29 is 4.42 Å². The molecule has 0 N–H and O–H groups in total. The molecule has 2 aliphatic rings. The lowest BCUT2D eigenvalue weighted by Gasteiger charge is -2.30. The van der Waals surface area contributed by atoms with E-state index in [1.807, 2.05) is 6.07 Å². The van der Waals surface area contributed by atoms with E-state index < -0.39 is 0 Å². The maximum Gasteiger partial charge on any atom is 0.136 e. The molecular formula is C52H39NO. The predicted molar refractivity (Wildman–Crippen MR) is 226 cm³/mol.